The fourth-order valence-corrected chi connectivity index (χ4v) is 1.59. The van der Waals surface area contributed by atoms with Gasteiger partial charge in [0.2, 0.25) is 0 Å². The Kier molecular flexibility index (Phi) is 2.28. The number of carbonyl (C=O) groups is 1. The Morgan fingerprint density at radius 2 is 2.13 bits per heavy atom. The molecule has 0 saturated carbocycles. The lowest BCUT2D eigenvalue weighted by Crippen LogP contribution is -2.10. The molecule has 0 radical (unpaired) electrons. The zero-order chi connectivity index (χ0) is 11.0. The molecule has 0 saturated heterocycles. The molecule has 1 N–H and O–H groups in total. The van der Waals surface area contributed by atoms with Crippen molar-refractivity contribution in [2.45, 2.75) is 0 Å². The SMILES string of the molecule is O=C(Cl)c1c[nH]c(=O)c2c(F)cccc12. The third-order valence-corrected chi connectivity index (χ3v) is 2.29. The van der Waals surface area contributed by atoms with Crippen LogP contribution >= 0.6 is 11.6 Å². The Balaban J connectivity index is 3.01. The Labute approximate surface area is 88.5 Å². The molecule has 3 nitrogen and oxygen atoms in total. The van der Waals surface area contributed by atoms with Crippen molar-refractivity contribution in [1.82, 2.24) is 4.98 Å². The minimum atomic E-state index is -0.734. The van der Waals surface area contributed by atoms with Gasteiger partial charge in [0.1, 0.15) is 5.82 Å². The van der Waals surface area contributed by atoms with Crippen LogP contribution in [0.3, 0.4) is 0 Å². The fraction of sp³-hybridized carbons (Fsp3) is 0. The lowest BCUT2D eigenvalue weighted by atomic mass is 10.1. The number of fused-ring (bicyclic) bond motifs is 1. The van der Waals surface area contributed by atoms with Crippen molar-refractivity contribution in [2.75, 3.05) is 0 Å². The molecule has 76 valence electrons. The summed E-state index contributed by atoms with van der Waals surface area (Å²) in [7, 11) is 0. The molecular weight excluding hydrogens is 221 g/mol. The van der Waals surface area contributed by atoms with Gasteiger partial charge in [0.15, 0.2) is 0 Å². The number of hydrogen-bond donors (Lipinski definition) is 1. The highest BCUT2D eigenvalue weighted by Crippen LogP contribution is 2.18. The second-order valence-electron chi connectivity index (χ2n) is 2.97. The summed E-state index contributed by atoms with van der Waals surface area (Å²) in [6.45, 7) is 0. The summed E-state index contributed by atoms with van der Waals surface area (Å²) >= 11 is 5.30. The monoisotopic (exact) mass is 225 g/mol. The highest BCUT2D eigenvalue weighted by molar-refractivity contribution is 6.68. The van der Waals surface area contributed by atoms with Crippen LogP contribution in [-0.2, 0) is 0 Å². The lowest BCUT2D eigenvalue weighted by Gasteiger charge is -2.01. The number of hydrogen-bond acceptors (Lipinski definition) is 2. The molecule has 0 aliphatic heterocycles. The Hall–Kier alpha value is -1.68. The predicted octanol–water partition coefficient (Wildman–Crippen LogP) is 2.05. The molecule has 0 aliphatic carbocycles. The minimum absolute atomic E-state index is 0.0887. The molecule has 0 amide bonds. The summed E-state index contributed by atoms with van der Waals surface area (Å²) in [6.07, 6.45) is 1.18. The summed E-state index contributed by atoms with van der Waals surface area (Å²) < 4.78 is 13.3. The van der Waals surface area contributed by atoms with E-state index in [-0.39, 0.29) is 16.3 Å². The van der Waals surface area contributed by atoms with Crippen LogP contribution in [0.2, 0.25) is 0 Å². The average Bonchev–Trinajstić information content (AvgIpc) is 2.17. The summed E-state index contributed by atoms with van der Waals surface area (Å²) in [5.41, 5.74) is -0.490. The molecule has 2 rings (SSSR count). The van der Waals surface area contributed by atoms with Crippen molar-refractivity contribution >= 4 is 27.6 Å². The third-order valence-electron chi connectivity index (χ3n) is 2.09. The van der Waals surface area contributed by atoms with Crippen LogP contribution < -0.4 is 5.56 Å². The molecule has 0 aliphatic rings. The van der Waals surface area contributed by atoms with Crippen LogP contribution in [0.15, 0.2) is 29.2 Å². The Bertz CT molecular complexity index is 606. The van der Waals surface area contributed by atoms with E-state index in [4.69, 9.17) is 11.6 Å². The summed E-state index contributed by atoms with van der Waals surface area (Å²) in [4.78, 5) is 24.6. The molecule has 0 spiro atoms. The first-order chi connectivity index (χ1) is 7.11. The van der Waals surface area contributed by atoms with Crippen molar-refractivity contribution in [3.63, 3.8) is 0 Å². The van der Waals surface area contributed by atoms with Crippen molar-refractivity contribution in [2.24, 2.45) is 0 Å². The normalized spacial score (nSPS) is 10.5. The van der Waals surface area contributed by atoms with E-state index in [1.165, 1.54) is 18.3 Å². The minimum Gasteiger partial charge on any atom is -0.328 e. The van der Waals surface area contributed by atoms with Crippen molar-refractivity contribution in [3.05, 3.63) is 46.1 Å². The van der Waals surface area contributed by atoms with E-state index >= 15 is 0 Å². The van der Waals surface area contributed by atoms with E-state index in [0.717, 1.165) is 6.07 Å². The molecular formula is C10H5ClFNO2. The smallest absolute Gasteiger partial charge is 0.258 e. The van der Waals surface area contributed by atoms with Gasteiger partial charge in [-0.1, -0.05) is 12.1 Å². The number of H-pyrrole nitrogens is 1. The number of carbonyl (C=O) groups excluding carboxylic acids is 1. The molecule has 1 aromatic heterocycles. The van der Waals surface area contributed by atoms with Gasteiger partial charge in [-0.3, -0.25) is 9.59 Å². The highest BCUT2D eigenvalue weighted by atomic mass is 35.5. The molecule has 0 atom stereocenters. The largest absolute Gasteiger partial charge is 0.328 e. The van der Waals surface area contributed by atoms with Crippen LogP contribution in [-0.4, -0.2) is 10.2 Å². The van der Waals surface area contributed by atoms with Crippen LogP contribution in [0.25, 0.3) is 10.8 Å². The van der Waals surface area contributed by atoms with E-state index in [9.17, 15) is 14.0 Å². The van der Waals surface area contributed by atoms with Gasteiger partial charge in [-0.05, 0) is 17.7 Å². The van der Waals surface area contributed by atoms with Crippen LogP contribution in [0, 0.1) is 5.82 Å². The van der Waals surface area contributed by atoms with Gasteiger partial charge in [-0.25, -0.2) is 4.39 Å². The molecule has 2 aromatic rings. The number of pyridine rings is 1. The van der Waals surface area contributed by atoms with Gasteiger partial charge in [0, 0.05) is 11.6 Å². The van der Waals surface area contributed by atoms with Gasteiger partial charge in [0.05, 0.1) is 10.9 Å². The van der Waals surface area contributed by atoms with E-state index in [1.54, 1.807) is 0 Å². The predicted molar refractivity (Wildman–Crippen MR) is 54.7 cm³/mol. The molecule has 15 heavy (non-hydrogen) atoms. The second-order valence-corrected chi connectivity index (χ2v) is 3.31. The first-order valence-electron chi connectivity index (χ1n) is 4.11. The van der Waals surface area contributed by atoms with E-state index in [0.29, 0.717) is 0 Å². The maximum Gasteiger partial charge on any atom is 0.258 e. The molecule has 1 aromatic carbocycles. The van der Waals surface area contributed by atoms with E-state index in [2.05, 4.69) is 4.98 Å². The quantitative estimate of drug-likeness (QED) is 0.755. The number of aromatic nitrogens is 1. The van der Waals surface area contributed by atoms with Gasteiger partial charge in [-0.15, -0.1) is 0 Å². The Morgan fingerprint density at radius 1 is 1.40 bits per heavy atom. The van der Waals surface area contributed by atoms with Crippen molar-refractivity contribution in [3.8, 4) is 0 Å². The Morgan fingerprint density at radius 3 is 2.80 bits per heavy atom. The summed E-state index contributed by atoms with van der Waals surface area (Å²) in [5, 5.41) is -0.662. The van der Waals surface area contributed by atoms with Gasteiger partial charge in [0.25, 0.3) is 10.8 Å². The van der Waals surface area contributed by atoms with Crippen LogP contribution in [0.1, 0.15) is 10.4 Å². The van der Waals surface area contributed by atoms with Crippen molar-refractivity contribution in [1.29, 1.82) is 0 Å². The standard InChI is InChI=1S/C10H5ClFNO2/c11-9(14)6-4-13-10(15)8-5(6)2-1-3-7(8)12/h1-4H,(H,13,15). The van der Waals surface area contributed by atoms with Gasteiger partial charge in [-0.2, -0.15) is 0 Å². The second kappa shape index (κ2) is 3.47. The first kappa shape index (κ1) is 9.86. The zero-order valence-electron chi connectivity index (χ0n) is 7.38. The topological polar surface area (TPSA) is 49.9 Å². The maximum absolute atomic E-state index is 13.3. The number of benzene rings is 1. The highest BCUT2D eigenvalue weighted by Gasteiger charge is 2.12. The number of nitrogens with one attached hydrogen (secondary N) is 1. The summed E-state index contributed by atoms with van der Waals surface area (Å²) in [5.74, 6) is -0.673. The van der Waals surface area contributed by atoms with Crippen molar-refractivity contribution < 1.29 is 9.18 Å². The molecule has 1 heterocycles. The van der Waals surface area contributed by atoms with Gasteiger partial charge < -0.3 is 4.98 Å². The molecule has 0 fully saturated rings. The molecule has 5 heteroatoms. The third kappa shape index (κ3) is 1.53. The lowest BCUT2D eigenvalue weighted by molar-refractivity contribution is 0.108. The fourth-order valence-electron chi connectivity index (χ4n) is 1.43. The number of aromatic amines is 1. The first-order valence-corrected chi connectivity index (χ1v) is 4.49. The summed E-state index contributed by atoms with van der Waals surface area (Å²) in [6, 6.07) is 4.05. The van der Waals surface area contributed by atoms with E-state index in [1.807, 2.05) is 0 Å². The van der Waals surface area contributed by atoms with Gasteiger partial charge >= 0.3 is 0 Å². The molecule has 0 bridgehead atoms. The molecule has 0 unspecified atom stereocenters. The van der Waals surface area contributed by atoms with E-state index < -0.39 is 16.6 Å². The van der Waals surface area contributed by atoms with Crippen LogP contribution in [0.5, 0.6) is 0 Å². The number of halogens is 2. The average molecular weight is 226 g/mol. The maximum atomic E-state index is 13.3. The van der Waals surface area contributed by atoms with Crippen LogP contribution in [0.4, 0.5) is 4.39 Å². The number of rotatable bonds is 1. The zero-order valence-corrected chi connectivity index (χ0v) is 8.14.